The summed E-state index contributed by atoms with van der Waals surface area (Å²) in [5.41, 5.74) is 4.17. The molecule has 27 heavy (non-hydrogen) atoms. The molecule has 3 rings (SSSR count). The number of nitrogens with zero attached hydrogens (tertiary/aromatic N) is 5. The van der Waals surface area contributed by atoms with Crippen molar-refractivity contribution in [1.82, 2.24) is 29.8 Å². The first kappa shape index (κ1) is 19.1. The smallest absolute Gasteiger partial charge is 0.221 e. The number of rotatable bonds is 8. The van der Waals surface area contributed by atoms with Gasteiger partial charge in [-0.3, -0.25) is 14.2 Å². The zero-order chi connectivity index (χ0) is 19.4. The van der Waals surface area contributed by atoms with Crippen LogP contribution in [0.3, 0.4) is 0 Å². The van der Waals surface area contributed by atoms with Gasteiger partial charge >= 0.3 is 0 Å². The third-order valence-electron chi connectivity index (χ3n) is 4.86. The van der Waals surface area contributed by atoms with Crippen molar-refractivity contribution < 1.29 is 4.79 Å². The lowest BCUT2D eigenvalue weighted by Crippen LogP contribution is -2.34. The minimum absolute atomic E-state index is 0.0296. The Hall–Kier alpha value is -2.67. The summed E-state index contributed by atoms with van der Waals surface area (Å²) in [6.45, 7) is 5.97. The van der Waals surface area contributed by atoms with Crippen molar-refractivity contribution in [3.05, 3.63) is 47.8 Å². The standard InChI is InChI=1S/C20H28N6O/c1-5-25-18-14-22-26(20(18)15(2)23-25)12-11-19(27)21-13-17(24(3)4)16-9-7-6-8-10-16/h6-10,14,17H,5,11-13H2,1-4H3,(H,21,27). The van der Waals surface area contributed by atoms with Gasteiger partial charge < -0.3 is 10.2 Å². The molecule has 0 saturated heterocycles. The Labute approximate surface area is 160 Å². The maximum absolute atomic E-state index is 12.4. The van der Waals surface area contributed by atoms with Crippen LogP contribution in [0.25, 0.3) is 11.0 Å². The molecule has 3 aromatic rings. The van der Waals surface area contributed by atoms with Gasteiger partial charge in [0.15, 0.2) is 0 Å². The van der Waals surface area contributed by atoms with E-state index in [1.165, 1.54) is 5.56 Å². The number of benzene rings is 1. The van der Waals surface area contributed by atoms with Gasteiger partial charge in [0.05, 0.1) is 24.5 Å². The second kappa shape index (κ2) is 8.35. The van der Waals surface area contributed by atoms with E-state index in [0.29, 0.717) is 19.5 Å². The number of nitrogens with one attached hydrogen (secondary N) is 1. The maximum Gasteiger partial charge on any atom is 0.221 e. The largest absolute Gasteiger partial charge is 0.354 e. The van der Waals surface area contributed by atoms with Crippen molar-refractivity contribution in [2.24, 2.45) is 0 Å². The van der Waals surface area contributed by atoms with Crippen LogP contribution in [0.2, 0.25) is 0 Å². The third kappa shape index (κ3) is 4.19. The second-order valence-corrected chi connectivity index (χ2v) is 6.95. The Kier molecular flexibility index (Phi) is 5.91. The van der Waals surface area contributed by atoms with Crippen LogP contribution in [0, 0.1) is 6.92 Å². The number of carbonyl (C=O) groups excluding carboxylic acids is 1. The first-order chi connectivity index (χ1) is 13.0. The van der Waals surface area contributed by atoms with E-state index in [-0.39, 0.29) is 11.9 Å². The van der Waals surface area contributed by atoms with E-state index in [2.05, 4.69) is 39.5 Å². The molecule has 0 aliphatic rings. The highest BCUT2D eigenvalue weighted by molar-refractivity contribution is 5.78. The van der Waals surface area contributed by atoms with Gasteiger partial charge in [-0.2, -0.15) is 10.2 Å². The SMILES string of the molecule is CCn1nc(C)c2c1cnn2CCC(=O)NCC(c1ccccc1)N(C)C. The van der Waals surface area contributed by atoms with Crippen LogP contribution >= 0.6 is 0 Å². The van der Waals surface area contributed by atoms with Crippen LogP contribution in [0.5, 0.6) is 0 Å². The van der Waals surface area contributed by atoms with Crippen molar-refractivity contribution in [2.75, 3.05) is 20.6 Å². The molecule has 7 nitrogen and oxygen atoms in total. The van der Waals surface area contributed by atoms with Gasteiger partial charge in [0, 0.05) is 19.5 Å². The number of likely N-dealkylation sites (N-methyl/N-ethyl adjacent to an activating group) is 1. The molecule has 1 aromatic carbocycles. The quantitative estimate of drug-likeness (QED) is 0.663. The van der Waals surface area contributed by atoms with E-state index in [9.17, 15) is 4.79 Å². The lowest BCUT2D eigenvalue weighted by molar-refractivity contribution is -0.121. The molecule has 0 saturated carbocycles. The molecule has 2 heterocycles. The Morgan fingerprint density at radius 2 is 1.96 bits per heavy atom. The summed E-state index contributed by atoms with van der Waals surface area (Å²) < 4.78 is 3.82. The van der Waals surface area contributed by atoms with E-state index in [4.69, 9.17) is 0 Å². The topological polar surface area (TPSA) is 68.0 Å². The zero-order valence-electron chi connectivity index (χ0n) is 16.5. The van der Waals surface area contributed by atoms with Crippen molar-refractivity contribution in [2.45, 2.75) is 39.4 Å². The molecule has 0 spiro atoms. The van der Waals surface area contributed by atoms with Gasteiger partial charge in [0.1, 0.15) is 11.0 Å². The highest BCUT2D eigenvalue weighted by Gasteiger charge is 2.16. The Balaban J connectivity index is 1.59. The summed E-state index contributed by atoms with van der Waals surface area (Å²) in [6, 6.07) is 10.4. The van der Waals surface area contributed by atoms with Crippen LogP contribution in [-0.4, -0.2) is 51.0 Å². The monoisotopic (exact) mass is 368 g/mol. The van der Waals surface area contributed by atoms with Gasteiger partial charge in [-0.25, -0.2) is 0 Å². The van der Waals surface area contributed by atoms with Crippen LogP contribution in [-0.2, 0) is 17.9 Å². The minimum Gasteiger partial charge on any atom is -0.354 e. The van der Waals surface area contributed by atoms with Crippen LogP contribution in [0.15, 0.2) is 36.5 Å². The van der Waals surface area contributed by atoms with Gasteiger partial charge in [0.25, 0.3) is 0 Å². The molecule has 1 unspecified atom stereocenters. The Morgan fingerprint density at radius 1 is 1.22 bits per heavy atom. The van der Waals surface area contributed by atoms with E-state index >= 15 is 0 Å². The predicted octanol–water partition coefficient (Wildman–Crippen LogP) is 2.37. The Bertz CT molecular complexity index is 896. The summed E-state index contributed by atoms with van der Waals surface area (Å²) in [5.74, 6) is 0.0296. The van der Waals surface area contributed by atoms with Crippen LogP contribution < -0.4 is 5.32 Å². The van der Waals surface area contributed by atoms with E-state index in [1.54, 1.807) is 0 Å². The molecule has 0 radical (unpaired) electrons. The summed E-state index contributed by atoms with van der Waals surface area (Å²) in [7, 11) is 4.05. The molecular formula is C20H28N6O. The fourth-order valence-corrected chi connectivity index (χ4v) is 3.41. The molecule has 2 aromatic heterocycles. The summed E-state index contributed by atoms with van der Waals surface area (Å²) in [4.78, 5) is 14.5. The number of aryl methyl sites for hydroxylation is 3. The minimum atomic E-state index is 0.0296. The van der Waals surface area contributed by atoms with Crippen molar-refractivity contribution in [1.29, 1.82) is 0 Å². The van der Waals surface area contributed by atoms with Crippen molar-refractivity contribution in [3.8, 4) is 0 Å². The third-order valence-corrected chi connectivity index (χ3v) is 4.86. The average Bonchev–Trinajstić information content (AvgIpc) is 3.22. The molecule has 0 fully saturated rings. The fraction of sp³-hybridized carbons (Fsp3) is 0.450. The number of hydrogen-bond acceptors (Lipinski definition) is 4. The zero-order valence-corrected chi connectivity index (χ0v) is 16.5. The number of hydrogen-bond donors (Lipinski definition) is 1. The Morgan fingerprint density at radius 3 is 2.63 bits per heavy atom. The summed E-state index contributed by atoms with van der Waals surface area (Å²) >= 11 is 0. The number of amides is 1. The molecule has 1 N–H and O–H groups in total. The molecule has 0 aliphatic carbocycles. The van der Waals surface area contributed by atoms with Crippen LogP contribution in [0.1, 0.15) is 30.6 Å². The fourth-order valence-electron chi connectivity index (χ4n) is 3.41. The molecule has 0 aliphatic heterocycles. The normalized spacial score (nSPS) is 12.6. The summed E-state index contributed by atoms with van der Waals surface area (Å²) in [6.07, 6.45) is 2.22. The maximum atomic E-state index is 12.4. The molecule has 0 bridgehead atoms. The molecule has 144 valence electrons. The molecular weight excluding hydrogens is 340 g/mol. The van der Waals surface area contributed by atoms with Gasteiger partial charge in [0.2, 0.25) is 5.91 Å². The van der Waals surface area contributed by atoms with E-state index in [0.717, 1.165) is 23.3 Å². The second-order valence-electron chi connectivity index (χ2n) is 6.95. The van der Waals surface area contributed by atoms with Crippen LogP contribution in [0.4, 0.5) is 0 Å². The first-order valence-electron chi connectivity index (χ1n) is 9.38. The van der Waals surface area contributed by atoms with E-state index in [1.807, 2.05) is 54.8 Å². The molecule has 1 amide bonds. The summed E-state index contributed by atoms with van der Waals surface area (Å²) in [5, 5.41) is 12.0. The van der Waals surface area contributed by atoms with Crippen molar-refractivity contribution in [3.63, 3.8) is 0 Å². The lowest BCUT2D eigenvalue weighted by Gasteiger charge is -2.25. The number of carbonyl (C=O) groups is 1. The highest BCUT2D eigenvalue weighted by atomic mass is 16.1. The molecule has 7 heteroatoms. The van der Waals surface area contributed by atoms with Crippen molar-refractivity contribution >= 4 is 16.9 Å². The predicted molar refractivity (Wildman–Crippen MR) is 106 cm³/mol. The lowest BCUT2D eigenvalue weighted by atomic mass is 10.1. The van der Waals surface area contributed by atoms with Gasteiger partial charge in [-0.15, -0.1) is 0 Å². The highest BCUT2D eigenvalue weighted by Crippen LogP contribution is 2.18. The number of fused-ring (bicyclic) bond motifs is 1. The molecule has 1 atom stereocenters. The van der Waals surface area contributed by atoms with E-state index < -0.39 is 0 Å². The number of aromatic nitrogens is 4. The average molecular weight is 368 g/mol. The van der Waals surface area contributed by atoms with Gasteiger partial charge in [-0.05, 0) is 33.5 Å². The first-order valence-corrected chi connectivity index (χ1v) is 9.38. The van der Waals surface area contributed by atoms with Gasteiger partial charge in [-0.1, -0.05) is 30.3 Å².